The van der Waals surface area contributed by atoms with E-state index < -0.39 is 0 Å². The molecule has 1 aliphatic heterocycles. The number of likely N-dealkylation sites (tertiary alicyclic amines) is 1. The highest BCUT2D eigenvalue weighted by atomic mass is 32.1. The fraction of sp³-hybridized carbons (Fsp3) is 0.308. The van der Waals surface area contributed by atoms with Crippen molar-refractivity contribution in [2.45, 2.75) is 25.9 Å². The quantitative estimate of drug-likeness (QED) is 0.545. The summed E-state index contributed by atoms with van der Waals surface area (Å²) in [6.07, 6.45) is 0.944. The third-order valence-electron chi connectivity index (χ3n) is 5.83. The van der Waals surface area contributed by atoms with Crippen molar-refractivity contribution in [3.8, 4) is 11.1 Å². The van der Waals surface area contributed by atoms with Gasteiger partial charge in [-0.3, -0.25) is 14.5 Å². The van der Waals surface area contributed by atoms with Gasteiger partial charge in [-0.05, 0) is 58.8 Å². The topological polar surface area (TPSA) is 64.7 Å². The van der Waals surface area contributed by atoms with Crippen LogP contribution in [0.5, 0.6) is 0 Å². The van der Waals surface area contributed by atoms with Gasteiger partial charge in [-0.25, -0.2) is 0 Å². The van der Waals surface area contributed by atoms with Gasteiger partial charge in [0.05, 0.1) is 4.88 Å². The summed E-state index contributed by atoms with van der Waals surface area (Å²) in [4.78, 5) is 29.1. The van der Waals surface area contributed by atoms with Crippen LogP contribution in [0.15, 0.2) is 60.0 Å². The number of anilines is 2. The lowest BCUT2D eigenvalue weighted by atomic mass is 10.1. The Morgan fingerprint density at radius 2 is 1.79 bits per heavy atom. The van der Waals surface area contributed by atoms with E-state index in [1.54, 1.807) is 0 Å². The van der Waals surface area contributed by atoms with E-state index in [2.05, 4.69) is 44.7 Å². The minimum atomic E-state index is -0.0685. The van der Waals surface area contributed by atoms with E-state index in [4.69, 9.17) is 0 Å². The Morgan fingerprint density at radius 3 is 2.45 bits per heavy atom. The van der Waals surface area contributed by atoms with Crippen LogP contribution < -0.4 is 15.5 Å². The molecule has 2 heterocycles. The zero-order chi connectivity index (χ0) is 23.4. The van der Waals surface area contributed by atoms with E-state index in [0.717, 1.165) is 53.4 Å². The third-order valence-corrected chi connectivity index (χ3v) is 6.76. The number of carbonyl (C=O) groups excluding carboxylic acids is 2. The molecule has 1 atom stereocenters. The summed E-state index contributed by atoms with van der Waals surface area (Å²) in [5.74, 6) is -0.0661. The number of benzene rings is 2. The summed E-state index contributed by atoms with van der Waals surface area (Å²) in [6, 6.07) is 18.4. The van der Waals surface area contributed by atoms with Gasteiger partial charge < -0.3 is 15.5 Å². The molecule has 1 aliphatic rings. The van der Waals surface area contributed by atoms with Crippen molar-refractivity contribution in [1.82, 2.24) is 10.2 Å². The molecule has 0 bridgehead atoms. The van der Waals surface area contributed by atoms with Crippen LogP contribution in [-0.2, 0) is 11.3 Å². The van der Waals surface area contributed by atoms with E-state index in [1.807, 2.05) is 49.8 Å². The van der Waals surface area contributed by atoms with Crippen LogP contribution in [0.25, 0.3) is 11.1 Å². The molecular weight excluding hydrogens is 432 g/mol. The highest BCUT2D eigenvalue weighted by Gasteiger charge is 2.24. The van der Waals surface area contributed by atoms with Gasteiger partial charge in [0, 0.05) is 58.1 Å². The molecule has 1 saturated heterocycles. The molecule has 6 nitrogen and oxygen atoms in total. The van der Waals surface area contributed by atoms with E-state index in [-0.39, 0.29) is 17.9 Å². The molecule has 2 N–H and O–H groups in total. The summed E-state index contributed by atoms with van der Waals surface area (Å²) in [5, 5.41) is 8.04. The standard InChI is InChI=1S/C26H30N4O2S/c1-18(31)27-22-8-4-19(5-9-22)15-30-13-12-23(16-30)28-26(32)25-14-21(17-33-25)20-6-10-24(11-7-20)29(2)3/h4-11,14,17,23H,12-13,15-16H2,1-3H3,(H,27,31)(H,28,32). The molecule has 3 aromatic rings. The predicted octanol–water partition coefficient (Wildman–Crippen LogP) is 4.44. The molecule has 2 aromatic carbocycles. The maximum atomic E-state index is 12.8. The second-order valence-corrected chi connectivity index (χ2v) is 9.62. The van der Waals surface area contributed by atoms with Gasteiger partial charge in [-0.1, -0.05) is 24.3 Å². The first-order valence-corrected chi connectivity index (χ1v) is 12.0. The van der Waals surface area contributed by atoms with Gasteiger partial charge in [0.15, 0.2) is 0 Å². The van der Waals surface area contributed by atoms with Crippen LogP contribution >= 0.6 is 11.3 Å². The highest BCUT2D eigenvalue weighted by Crippen LogP contribution is 2.27. The molecule has 1 fully saturated rings. The Kier molecular flexibility index (Phi) is 7.11. The van der Waals surface area contributed by atoms with Crippen LogP contribution in [0.2, 0.25) is 0 Å². The number of hydrogen-bond acceptors (Lipinski definition) is 5. The second kappa shape index (κ2) is 10.2. The first-order valence-electron chi connectivity index (χ1n) is 11.1. The molecule has 1 aromatic heterocycles. The fourth-order valence-electron chi connectivity index (χ4n) is 4.06. The molecule has 172 valence electrons. The SMILES string of the molecule is CC(=O)Nc1ccc(CN2CCC(NC(=O)c3cc(-c4ccc(N(C)C)cc4)cs3)C2)cc1. The maximum Gasteiger partial charge on any atom is 0.261 e. The van der Waals surface area contributed by atoms with Crippen LogP contribution in [0.1, 0.15) is 28.6 Å². The van der Waals surface area contributed by atoms with Gasteiger partial charge >= 0.3 is 0 Å². The van der Waals surface area contributed by atoms with Crippen molar-refractivity contribution in [3.63, 3.8) is 0 Å². The lowest BCUT2D eigenvalue weighted by Gasteiger charge is -2.17. The molecule has 0 radical (unpaired) electrons. The minimum absolute atomic E-state index is 0.00247. The van der Waals surface area contributed by atoms with E-state index >= 15 is 0 Å². The molecule has 7 heteroatoms. The summed E-state index contributed by atoms with van der Waals surface area (Å²) < 4.78 is 0. The van der Waals surface area contributed by atoms with Gasteiger partial charge in [0.1, 0.15) is 0 Å². The Morgan fingerprint density at radius 1 is 1.06 bits per heavy atom. The molecule has 0 saturated carbocycles. The summed E-state index contributed by atoms with van der Waals surface area (Å²) in [6.45, 7) is 4.13. The van der Waals surface area contributed by atoms with Gasteiger partial charge in [-0.2, -0.15) is 0 Å². The largest absolute Gasteiger partial charge is 0.378 e. The molecule has 33 heavy (non-hydrogen) atoms. The Balaban J connectivity index is 1.29. The summed E-state index contributed by atoms with van der Waals surface area (Å²) >= 11 is 1.49. The zero-order valence-electron chi connectivity index (χ0n) is 19.3. The van der Waals surface area contributed by atoms with Crippen LogP contribution in [0.4, 0.5) is 11.4 Å². The molecule has 2 amide bonds. The molecule has 0 spiro atoms. The lowest BCUT2D eigenvalue weighted by Crippen LogP contribution is -2.36. The number of thiophene rings is 1. The van der Waals surface area contributed by atoms with E-state index in [0.29, 0.717) is 0 Å². The van der Waals surface area contributed by atoms with Crippen molar-refractivity contribution in [1.29, 1.82) is 0 Å². The van der Waals surface area contributed by atoms with Crippen molar-refractivity contribution in [3.05, 3.63) is 70.4 Å². The Labute approximate surface area is 199 Å². The number of carbonyl (C=O) groups is 2. The Hall–Kier alpha value is -3.16. The van der Waals surface area contributed by atoms with Crippen molar-refractivity contribution in [2.24, 2.45) is 0 Å². The minimum Gasteiger partial charge on any atom is -0.378 e. The lowest BCUT2D eigenvalue weighted by molar-refractivity contribution is -0.114. The number of amides is 2. The summed E-state index contributed by atoms with van der Waals surface area (Å²) in [5.41, 5.74) is 5.35. The van der Waals surface area contributed by atoms with Crippen molar-refractivity contribution in [2.75, 3.05) is 37.4 Å². The molecule has 1 unspecified atom stereocenters. The van der Waals surface area contributed by atoms with Gasteiger partial charge in [0.2, 0.25) is 5.91 Å². The number of nitrogens with zero attached hydrogens (tertiary/aromatic N) is 2. The monoisotopic (exact) mass is 462 g/mol. The highest BCUT2D eigenvalue weighted by molar-refractivity contribution is 7.12. The number of nitrogens with one attached hydrogen (secondary N) is 2. The van der Waals surface area contributed by atoms with Gasteiger partial charge in [-0.15, -0.1) is 11.3 Å². The molecule has 0 aliphatic carbocycles. The smallest absolute Gasteiger partial charge is 0.261 e. The normalized spacial score (nSPS) is 15.9. The van der Waals surface area contributed by atoms with E-state index in [9.17, 15) is 9.59 Å². The van der Waals surface area contributed by atoms with Crippen LogP contribution in [-0.4, -0.2) is 49.9 Å². The van der Waals surface area contributed by atoms with Crippen LogP contribution in [0.3, 0.4) is 0 Å². The van der Waals surface area contributed by atoms with Crippen molar-refractivity contribution < 1.29 is 9.59 Å². The fourth-order valence-corrected chi connectivity index (χ4v) is 4.88. The number of hydrogen-bond donors (Lipinski definition) is 2. The second-order valence-electron chi connectivity index (χ2n) is 8.71. The summed E-state index contributed by atoms with van der Waals surface area (Å²) in [7, 11) is 4.05. The third kappa shape index (κ3) is 6.00. The van der Waals surface area contributed by atoms with Crippen molar-refractivity contribution >= 4 is 34.5 Å². The first kappa shape index (κ1) is 23.0. The maximum absolute atomic E-state index is 12.8. The van der Waals surface area contributed by atoms with Gasteiger partial charge in [0.25, 0.3) is 5.91 Å². The molecule has 4 rings (SSSR count). The Bertz CT molecular complexity index is 1110. The number of rotatable bonds is 7. The molecular formula is C26H30N4O2S. The zero-order valence-corrected chi connectivity index (χ0v) is 20.1. The average Bonchev–Trinajstić information content (AvgIpc) is 3.45. The van der Waals surface area contributed by atoms with Crippen LogP contribution in [0, 0.1) is 0 Å². The predicted molar refractivity (Wildman–Crippen MR) is 136 cm³/mol. The van der Waals surface area contributed by atoms with E-state index in [1.165, 1.54) is 23.8 Å². The first-order chi connectivity index (χ1) is 15.9. The average molecular weight is 463 g/mol.